The molecule has 0 amide bonds. The van der Waals surface area contributed by atoms with Gasteiger partial charge >= 0.3 is 0 Å². The summed E-state index contributed by atoms with van der Waals surface area (Å²) in [5.74, 6) is 0.772. The molecule has 0 atom stereocenters. The van der Waals surface area contributed by atoms with Gasteiger partial charge in [0.25, 0.3) is 5.69 Å². The van der Waals surface area contributed by atoms with Crippen LogP contribution >= 0.6 is 0 Å². The quantitative estimate of drug-likeness (QED) is 0.397. The van der Waals surface area contributed by atoms with Crippen LogP contribution in [0, 0.1) is 10.1 Å². The van der Waals surface area contributed by atoms with Crippen molar-refractivity contribution in [3.05, 3.63) is 64.2 Å². The summed E-state index contributed by atoms with van der Waals surface area (Å²) in [6, 6.07) is 12.5. The molecule has 8 nitrogen and oxygen atoms in total. The van der Waals surface area contributed by atoms with Crippen molar-refractivity contribution in [3.63, 3.8) is 0 Å². The third kappa shape index (κ3) is 5.52. The molecular weight excluding hydrogens is 346 g/mol. The van der Waals surface area contributed by atoms with Gasteiger partial charge in [-0.25, -0.2) is 13.1 Å². The summed E-state index contributed by atoms with van der Waals surface area (Å²) < 4.78 is 31.8. The van der Waals surface area contributed by atoms with E-state index in [-0.39, 0.29) is 17.1 Å². The monoisotopic (exact) mass is 365 g/mol. The van der Waals surface area contributed by atoms with Crippen molar-refractivity contribution in [3.8, 4) is 5.75 Å². The van der Waals surface area contributed by atoms with Crippen molar-refractivity contribution < 1.29 is 18.1 Å². The molecule has 0 radical (unpaired) electrons. The second kappa shape index (κ2) is 8.56. The summed E-state index contributed by atoms with van der Waals surface area (Å²) in [6.07, 6.45) is 0. The Morgan fingerprint density at radius 2 is 1.84 bits per heavy atom. The van der Waals surface area contributed by atoms with Crippen molar-refractivity contribution >= 4 is 15.7 Å². The first kappa shape index (κ1) is 18.8. The molecule has 134 valence electrons. The summed E-state index contributed by atoms with van der Waals surface area (Å²) in [6.45, 7) is 1.17. The van der Waals surface area contributed by atoms with Crippen molar-refractivity contribution in [1.82, 2.24) is 10.0 Å². The lowest BCUT2D eigenvalue weighted by molar-refractivity contribution is -0.385. The van der Waals surface area contributed by atoms with E-state index in [1.54, 1.807) is 7.11 Å². The maximum absolute atomic E-state index is 12.1. The highest BCUT2D eigenvalue weighted by Crippen LogP contribution is 2.16. The van der Waals surface area contributed by atoms with Gasteiger partial charge < -0.3 is 10.1 Å². The Balaban J connectivity index is 1.82. The summed E-state index contributed by atoms with van der Waals surface area (Å²) in [5, 5.41) is 13.8. The molecule has 0 heterocycles. The van der Waals surface area contributed by atoms with Crippen LogP contribution in [-0.2, 0) is 16.6 Å². The summed E-state index contributed by atoms with van der Waals surface area (Å²) in [7, 11) is -2.18. The van der Waals surface area contributed by atoms with Crippen LogP contribution in [0.25, 0.3) is 0 Å². The normalized spacial score (nSPS) is 11.2. The molecule has 0 aliphatic rings. The van der Waals surface area contributed by atoms with E-state index in [1.807, 2.05) is 24.3 Å². The number of nitrogens with zero attached hydrogens (tertiary/aromatic N) is 1. The lowest BCUT2D eigenvalue weighted by atomic mass is 10.2. The minimum Gasteiger partial charge on any atom is -0.497 e. The van der Waals surface area contributed by atoms with E-state index in [4.69, 9.17) is 4.74 Å². The van der Waals surface area contributed by atoms with Crippen LogP contribution in [0.3, 0.4) is 0 Å². The molecule has 0 aromatic heterocycles. The van der Waals surface area contributed by atoms with Crippen LogP contribution in [-0.4, -0.2) is 33.5 Å². The molecule has 2 aromatic rings. The van der Waals surface area contributed by atoms with Crippen LogP contribution < -0.4 is 14.8 Å². The number of non-ortho nitro benzene ring substituents is 1. The number of rotatable bonds is 9. The van der Waals surface area contributed by atoms with Gasteiger partial charge in [-0.05, 0) is 23.8 Å². The standard InChI is InChI=1S/C16H19N3O5S/c1-24-15-7-5-13(6-8-15)12-17-9-10-18-25(22,23)16-4-2-3-14(11-16)19(20)21/h2-8,11,17-18H,9-10,12H2,1H3. The minimum atomic E-state index is -3.78. The predicted molar refractivity (Wildman–Crippen MR) is 93.0 cm³/mol. The first-order chi connectivity index (χ1) is 11.9. The fourth-order valence-corrected chi connectivity index (χ4v) is 3.17. The zero-order chi connectivity index (χ0) is 18.3. The van der Waals surface area contributed by atoms with Gasteiger partial charge in [0.1, 0.15) is 5.75 Å². The number of methoxy groups -OCH3 is 1. The number of nitro benzene ring substituents is 1. The third-order valence-electron chi connectivity index (χ3n) is 3.42. The molecule has 0 aliphatic carbocycles. The van der Waals surface area contributed by atoms with Crippen LogP contribution in [0.5, 0.6) is 5.75 Å². The van der Waals surface area contributed by atoms with Crippen molar-refractivity contribution in [2.45, 2.75) is 11.4 Å². The topological polar surface area (TPSA) is 111 Å². The first-order valence-electron chi connectivity index (χ1n) is 7.50. The Morgan fingerprint density at radius 1 is 1.12 bits per heavy atom. The van der Waals surface area contributed by atoms with E-state index in [9.17, 15) is 18.5 Å². The molecule has 0 spiro atoms. The van der Waals surface area contributed by atoms with Gasteiger partial charge in [0.05, 0.1) is 16.9 Å². The molecule has 0 aliphatic heterocycles. The Morgan fingerprint density at radius 3 is 2.48 bits per heavy atom. The smallest absolute Gasteiger partial charge is 0.270 e. The van der Waals surface area contributed by atoms with E-state index in [0.29, 0.717) is 13.1 Å². The number of sulfonamides is 1. The largest absolute Gasteiger partial charge is 0.497 e. The highest BCUT2D eigenvalue weighted by molar-refractivity contribution is 7.89. The molecule has 0 fully saturated rings. The average molecular weight is 365 g/mol. The van der Waals surface area contributed by atoms with Crippen LogP contribution in [0.15, 0.2) is 53.4 Å². The first-order valence-corrected chi connectivity index (χ1v) is 8.98. The van der Waals surface area contributed by atoms with Crippen molar-refractivity contribution in [1.29, 1.82) is 0 Å². The second-order valence-corrected chi connectivity index (χ2v) is 6.94. The molecular formula is C16H19N3O5S. The highest BCUT2D eigenvalue weighted by Gasteiger charge is 2.16. The summed E-state index contributed by atoms with van der Waals surface area (Å²) in [4.78, 5) is 9.97. The number of hydrogen-bond donors (Lipinski definition) is 2. The number of ether oxygens (including phenoxy) is 1. The molecule has 0 unspecified atom stereocenters. The van der Waals surface area contributed by atoms with E-state index in [1.165, 1.54) is 18.2 Å². The number of benzene rings is 2. The second-order valence-electron chi connectivity index (χ2n) is 5.18. The van der Waals surface area contributed by atoms with E-state index in [0.717, 1.165) is 17.4 Å². The summed E-state index contributed by atoms with van der Waals surface area (Å²) in [5.41, 5.74) is 0.780. The molecule has 2 N–H and O–H groups in total. The Bertz CT molecular complexity index is 822. The fourth-order valence-electron chi connectivity index (χ4n) is 2.10. The third-order valence-corrected chi connectivity index (χ3v) is 4.88. The van der Waals surface area contributed by atoms with Gasteiger partial charge in [-0.15, -0.1) is 0 Å². The predicted octanol–water partition coefficient (Wildman–Crippen LogP) is 1.67. The minimum absolute atomic E-state index is 0.128. The molecule has 0 saturated carbocycles. The lowest BCUT2D eigenvalue weighted by Gasteiger charge is -2.08. The van der Waals surface area contributed by atoms with E-state index in [2.05, 4.69) is 10.0 Å². The van der Waals surface area contributed by atoms with Gasteiger partial charge in [0.2, 0.25) is 10.0 Å². The number of hydrogen-bond acceptors (Lipinski definition) is 6. The fraction of sp³-hybridized carbons (Fsp3) is 0.250. The SMILES string of the molecule is COc1ccc(CNCCNS(=O)(=O)c2cccc([N+](=O)[O-])c2)cc1. The summed E-state index contributed by atoms with van der Waals surface area (Å²) >= 11 is 0. The zero-order valence-corrected chi connectivity index (χ0v) is 14.5. The number of nitro groups is 1. The van der Waals surface area contributed by atoms with Gasteiger partial charge in [0, 0.05) is 31.8 Å². The molecule has 0 bridgehead atoms. The highest BCUT2D eigenvalue weighted by atomic mass is 32.2. The molecule has 2 rings (SSSR count). The van der Waals surface area contributed by atoms with Gasteiger partial charge in [-0.3, -0.25) is 10.1 Å². The Labute approximate surface area is 146 Å². The molecule has 2 aromatic carbocycles. The van der Waals surface area contributed by atoms with Crippen LogP contribution in [0.4, 0.5) is 5.69 Å². The molecule has 9 heteroatoms. The number of nitrogens with one attached hydrogen (secondary N) is 2. The van der Waals surface area contributed by atoms with Gasteiger partial charge in [-0.1, -0.05) is 18.2 Å². The Hall–Kier alpha value is -2.49. The Kier molecular flexibility index (Phi) is 6.45. The van der Waals surface area contributed by atoms with E-state index < -0.39 is 14.9 Å². The van der Waals surface area contributed by atoms with Crippen molar-refractivity contribution in [2.24, 2.45) is 0 Å². The maximum Gasteiger partial charge on any atom is 0.270 e. The zero-order valence-electron chi connectivity index (χ0n) is 13.6. The van der Waals surface area contributed by atoms with Gasteiger partial charge in [0.15, 0.2) is 0 Å². The van der Waals surface area contributed by atoms with Crippen molar-refractivity contribution in [2.75, 3.05) is 20.2 Å². The molecule has 0 saturated heterocycles. The van der Waals surface area contributed by atoms with Crippen LogP contribution in [0.1, 0.15) is 5.56 Å². The molecule has 25 heavy (non-hydrogen) atoms. The average Bonchev–Trinajstić information content (AvgIpc) is 2.62. The maximum atomic E-state index is 12.1. The lowest BCUT2D eigenvalue weighted by Crippen LogP contribution is -2.31. The van der Waals surface area contributed by atoms with E-state index >= 15 is 0 Å². The van der Waals surface area contributed by atoms with Crippen LogP contribution in [0.2, 0.25) is 0 Å². The van der Waals surface area contributed by atoms with Gasteiger partial charge in [-0.2, -0.15) is 0 Å².